The van der Waals surface area contributed by atoms with Crippen molar-refractivity contribution in [1.29, 1.82) is 5.26 Å². The Morgan fingerprint density at radius 3 is 2.14 bits per heavy atom. The molecule has 0 spiro atoms. The Morgan fingerprint density at radius 2 is 1.64 bits per heavy atom. The fraction of sp³-hybridized carbons (Fsp3) is 0.417. The Labute approximate surface area is 252 Å². The smallest absolute Gasteiger partial charge is 0.230 e. The number of benzene rings is 2. The number of aryl methyl sites for hydroxylation is 1. The van der Waals surface area contributed by atoms with Crippen LogP contribution in [0.25, 0.3) is 16.6 Å². The number of rotatable bonds is 7. The third-order valence-electron chi connectivity index (χ3n) is 6.78. The summed E-state index contributed by atoms with van der Waals surface area (Å²) < 4.78 is 14.9. The molecule has 0 unspecified atom stereocenters. The largest absolute Gasteiger partial charge is 0.372 e. The molecule has 6 heteroatoms. The van der Waals surface area contributed by atoms with Crippen LogP contribution in [0.3, 0.4) is 0 Å². The van der Waals surface area contributed by atoms with E-state index >= 15 is 0 Å². The first kappa shape index (κ1) is 35.9. The highest BCUT2D eigenvalue weighted by Crippen LogP contribution is 2.33. The molecule has 0 N–H and O–H groups in total. The van der Waals surface area contributed by atoms with Gasteiger partial charge in [0, 0.05) is 48.4 Å². The normalized spacial score (nSPS) is 12.3. The third kappa shape index (κ3) is 9.74. The molecule has 1 aliphatic heterocycles. The highest BCUT2D eigenvalue weighted by atomic mass is 19.1. The summed E-state index contributed by atoms with van der Waals surface area (Å²) in [6, 6.07) is 12.8. The van der Waals surface area contributed by atoms with Crippen molar-refractivity contribution in [1.82, 2.24) is 9.47 Å². The molecular formula is C36H46FN3O2. The maximum Gasteiger partial charge on any atom is 0.230 e. The maximum absolute atomic E-state index is 13.2. The number of nitriles is 1. The van der Waals surface area contributed by atoms with Gasteiger partial charge in [0.15, 0.2) is 5.78 Å². The highest BCUT2D eigenvalue weighted by molar-refractivity contribution is 6.45. The van der Waals surface area contributed by atoms with Crippen LogP contribution >= 0.6 is 0 Å². The minimum absolute atomic E-state index is 0.100. The standard InChI is InChI=1S/C28H28FN3O2.C3H8.C3H4.C2H6/c1-18-14-27-25(26(28(34)20(3)33)17-32(27)13-10-30)16-24(18)19(2)31-11-8-22(9-12-31)15-21-4-6-23(29)7-5-21;2*1-3-2;1-2/h4-7,14,16-17,22H,2,8-9,11-13,15H2,1,3H3;3H2,1-2H3;1H,2H3;1-2H3. The van der Waals surface area contributed by atoms with Gasteiger partial charge in [-0.2, -0.15) is 5.26 Å². The van der Waals surface area contributed by atoms with Gasteiger partial charge >= 0.3 is 0 Å². The van der Waals surface area contributed by atoms with E-state index in [1.807, 2.05) is 45.0 Å². The van der Waals surface area contributed by atoms with Crippen LogP contribution in [0.2, 0.25) is 0 Å². The fourth-order valence-electron chi connectivity index (χ4n) is 4.86. The second-order valence-electron chi connectivity index (χ2n) is 10.1. The Balaban J connectivity index is 0.000000998. The first-order valence-electron chi connectivity index (χ1n) is 14.7. The quantitative estimate of drug-likeness (QED) is 0.162. The molecule has 0 bridgehead atoms. The van der Waals surface area contributed by atoms with Crippen molar-refractivity contribution < 1.29 is 14.0 Å². The molecule has 0 aliphatic carbocycles. The lowest BCUT2D eigenvalue weighted by Crippen LogP contribution is -2.33. The zero-order valence-corrected chi connectivity index (χ0v) is 26.4. The number of likely N-dealkylation sites (tertiary alicyclic amines) is 1. The van der Waals surface area contributed by atoms with Gasteiger partial charge in [0.05, 0.1) is 11.6 Å². The second kappa shape index (κ2) is 18.3. The molecule has 4 rings (SSSR count). The van der Waals surface area contributed by atoms with Crippen molar-refractivity contribution in [3.05, 3.63) is 77.2 Å². The van der Waals surface area contributed by atoms with E-state index in [1.54, 1.807) is 17.7 Å². The van der Waals surface area contributed by atoms with Crippen LogP contribution in [0, 0.1) is 42.3 Å². The number of hydrogen-bond donors (Lipinski definition) is 0. The predicted octanol–water partition coefficient (Wildman–Crippen LogP) is 8.39. The molecular weight excluding hydrogens is 525 g/mol. The summed E-state index contributed by atoms with van der Waals surface area (Å²) >= 11 is 0. The SMILES string of the molecule is C#CC.C=C(c1cc2c(C(=O)C(C)=O)cn(CC#N)c2cc1C)N1CCC(Cc2ccc(F)cc2)CC1.CC.CCC. The van der Waals surface area contributed by atoms with Crippen molar-refractivity contribution in [2.75, 3.05) is 13.1 Å². The average Bonchev–Trinajstić information content (AvgIpc) is 3.32. The topological polar surface area (TPSA) is 66.1 Å². The Kier molecular flexibility index (Phi) is 15.6. The molecule has 5 nitrogen and oxygen atoms in total. The first-order valence-corrected chi connectivity index (χ1v) is 14.7. The Bertz CT molecular complexity index is 1410. The Morgan fingerprint density at radius 1 is 1.10 bits per heavy atom. The minimum Gasteiger partial charge on any atom is -0.372 e. The van der Waals surface area contributed by atoms with Crippen molar-refractivity contribution >= 4 is 28.2 Å². The van der Waals surface area contributed by atoms with Crippen molar-refractivity contribution in [3.8, 4) is 18.4 Å². The number of fused-ring (bicyclic) bond motifs is 1. The van der Waals surface area contributed by atoms with Crippen LogP contribution in [0.5, 0.6) is 0 Å². The lowest BCUT2D eigenvalue weighted by Gasteiger charge is -2.35. The van der Waals surface area contributed by atoms with Gasteiger partial charge in [0.25, 0.3) is 0 Å². The number of ketones is 2. The number of terminal acetylenes is 1. The molecule has 2 heterocycles. The summed E-state index contributed by atoms with van der Waals surface area (Å²) in [5.74, 6) is 1.50. The molecule has 1 saturated heterocycles. The fourth-order valence-corrected chi connectivity index (χ4v) is 4.86. The Hall–Kier alpha value is -4.16. The van der Waals surface area contributed by atoms with E-state index in [9.17, 15) is 19.2 Å². The lowest BCUT2D eigenvalue weighted by molar-refractivity contribution is -0.113. The van der Waals surface area contributed by atoms with Gasteiger partial charge in [-0.25, -0.2) is 4.39 Å². The summed E-state index contributed by atoms with van der Waals surface area (Å²) in [5, 5.41) is 9.85. The summed E-state index contributed by atoms with van der Waals surface area (Å²) in [7, 11) is 0. The van der Waals surface area contributed by atoms with Crippen LogP contribution in [0.4, 0.5) is 4.39 Å². The van der Waals surface area contributed by atoms with Gasteiger partial charge in [-0.1, -0.05) is 52.8 Å². The van der Waals surface area contributed by atoms with Gasteiger partial charge in [-0.3, -0.25) is 9.59 Å². The van der Waals surface area contributed by atoms with Crippen molar-refractivity contribution in [2.45, 2.75) is 80.7 Å². The summed E-state index contributed by atoms with van der Waals surface area (Å²) in [6.07, 6.45) is 10.4. The zero-order valence-electron chi connectivity index (χ0n) is 26.4. The summed E-state index contributed by atoms with van der Waals surface area (Å²) in [4.78, 5) is 26.6. The monoisotopic (exact) mass is 571 g/mol. The van der Waals surface area contributed by atoms with Gasteiger partial charge in [0.1, 0.15) is 12.4 Å². The first-order chi connectivity index (χ1) is 20.1. The lowest BCUT2D eigenvalue weighted by atomic mass is 9.89. The van der Waals surface area contributed by atoms with Crippen LogP contribution in [-0.4, -0.2) is 34.1 Å². The number of carbonyl (C=O) groups is 2. The minimum atomic E-state index is -0.552. The van der Waals surface area contributed by atoms with Crippen LogP contribution in [0.15, 0.2) is 49.2 Å². The second-order valence-corrected chi connectivity index (χ2v) is 10.1. The predicted molar refractivity (Wildman–Crippen MR) is 173 cm³/mol. The molecule has 1 aliphatic rings. The molecule has 1 aromatic heterocycles. The third-order valence-corrected chi connectivity index (χ3v) is 6.78. The van der Waals surface area contributed by atoms with Gasteiger partial charge < -0.3 is 9.47 Å². The zero-order chi connectivity index (χ0) is 31.8. The number of piperidine rings is 1. The molecule has 0 atom stereocenters. The van der Waals surface area contributed by atoms with Crippen molar-refractivity contribution in [3.63, 3.8) is 0 Å². The molecule has 2 aromatic carbocycles. The number of carbonyl (C=O) groups excluding carboxylic acids is 2. The number of Topliss-reactive ketones (excluding diaryl/α,β-unsaturated/α-hetero) is 2. The molecule has 0 radical (unpaired) electrons. The number of halogens is 1. The molecule has 0 amide bonds. The molecule has 1 fully saturated rings. The van der Waals surface area contributed by atoms with Crippen LogP contribution in [-0.2, 0) is 17.8 Å². The molecule has 42 heavy (non-hydrogen) atoms. The van der Waals surface area contributed by atoms with E-state index in [2.05, 4.69) is 43.7 Å². The van der Waals surface area contributed by atoms with E-state index in [0.717, 1.165) is 60.3 Å². The average molecular weight is 572 g/mol. The molecule has 0 saturated carbocycles. The van der Waals surface area contributed by atoms with Gasteiger partial charge in [-0.15, -0.1) is 12.3 Å². The molecule has 3 aromatic rings. The molecule has 224 valence electrons. The number of hydrogen-bond acceptors (Lipinski definition) is 4. The van der Waals surface area contributed by atoms with E-state index in [0.29, 0.717) is 16.9 Å². The maximum atomic E-state index is 13.2. The van der Waals surface area contributed by atoms with E-state index in [1.165, 1.54) is 25.5 Å². The van der Waals surface area contributed by atoms with Gasteiger partial charge in [-0.05, 0) is 74.4 Å². The van der Waals surface area contributed by atoms with Crippen LogP contribution < -0.4 is 0 Å². The summed E-state index contributed by atoms with van der Waals surface area (Å²) in [5.41, 5.74) is 5.09. The number of nitrogens with zero attached hydrogens (tertiary/aromatic N) is 3. The summed E-state index contributed by atoms with van der Waals surface area (Å²) in [6.45, 7) is 19.4. The van der Waals surface area contributed by atoms with E-state index in [4.69, 9.17) is 0 Å². The van der Waals surface area contributed by atoms with Crippen molar-refractivity contribution in [2.24, 2.45) is 5.92 Å². The van der Waals surface area contributed by atoms with Gasteiger partial charge in [0.2, 0.25) is 5.78 Å². The van der Waals surface area contributed by atoms with E-state index in [-0.39, 0.29) is 12.4 Å². The number of aromatic nitrogens is 1. The van der Waals surface area contributed by atoms with Crippen LogP contribution in [0.1, 0.15) is 87.9 Å². The van der Waals surface area contributed by atoms with E-state index < -0.39 is 11.6 Å². The highest BCUT2D eigenvalue weighted by Gasteiger charge is 2.24.